The van der Waals surface area contributed by atoms with Crippen LogP contribution in [-0.2, 0) is 23.9 Å². The average molecular weight is 649 g/mol. The minimum atomic E-state index is -1.14. The highest BCUT2D eigenvalue weighted by molar-refractivity contribution is 6.32. The number of carbonyl (C=O) groups excluding carboxylic acids is 4. The Balaban J connectivity index is 1.67. The van der Waals surface area contributed by atoms with Gasteiger partial charge in [-0.15, -0.1) is 0 Å². The SMILES string of the molecule is CC(=O)Nc1nc2c(c(=O)[nH]1)N(C)[C@@H](CNc1ccc(C(=O)N[C@@H](CCC(=O)OC(C)(C)C)C(=O)OC(C)(C)C)c(Cl)n1)CN2. The van der Waals surface area contributed by atoms with Gasteiger partial charge in [-0.25, -0.2) is 9.78 Å². The number of fused-ring (bicyclic) bond motifs is 1. The molecule has 246 valence electrons. The summed E-state index contributed by atoms with van der Waals surface area (Å²) in [5.41, 5.74) is -1.60. The third-order valence-electron chi connectivity index (χ3n) is 6.26. The topological polar surface area (TPSA) is 197 Å². The summed E-state index contributed by atoms with van der Waals surface area (Å²) >= 11 is 6.37. The van der Waals surface area contributed by atoms with E-state index in [-0.39, 0.29) is 41.5 Å². The first kappa shape index (κ1) is 35.1. The quantitative estimate of drug-likeness (QED) is 0.187. The predicted octanol–water partition coefficient (Wildman–Crippen LogP) is 2.68. The zero-order chi connectivity index (χ0) is 33.7. The summed E-state index contributed by atoms with van der Waals surface area (Å²) in [6, 6.07) is 1.68. The maximum atomic E-state index is 13.2. The number of hydrogen-bond acceptors (Lipinski definition) is 12. The predicted molar refractivity (Wildman–Crippen MR) is 170 cm³/mol. The molecule has 2 amide bonds. The van der Waals surface area contributed by atoms with Crippen LogP contribution in [0.25, 0.3) is 0 Å². The van der Waals surface area contributed by atoms with Gasteiger partial charge in [0.05, 0.1) is 11.6 Å². The van der Waals surface area contributed by atoms with Crippen LogP contribution in [0.15, 0.2) is 16.9 Å². The molecule has 3 rings (SSSR count). The van der Waals surface area contributed by atoms with E-state index in [2.05, 4.69) is 36.2 Å². The van der Waals surface area contributed by atoms with Crippen molar-refractivity contribution in [2.45, 2.75) is 84.6 Å². The number of anilines is 4. The van der Waals surface area contributed by atoms with Gasteiger partial charge >= 0.3 is 11.9 Å². The molecule has 15 nitrogen and oxygen atoms in total. The number of amides is 2. The molecular formula is C29H41ClN8O7. The van der Waals surface area contributed by atoms with Crippen LogP contribution in [0.3, 0.4) is 0 Å². The molecule has 1 aliphatic rings. The molecule has 3 heterocycles. The molecule has 0 aliphatic carbocycles. The van der Waals surface area contributed by atoms with Crippen LogP contribution in [0, 0.1) is 0 Å². The molecule has 0 aromatic carbocycles. The summed E-state index contributed by atoms with van der Waals surface area (Å²) in [7, 11) is 1.75. The van der Waals surface area contributed by atoms with E-state index >= 15 is 0 Å². The second-order valence-electron chi connectivity index (χ2n) is 12.5. The fourth-order valence-electron chi connectivity index (χ4n) is 4.32. The largest absolute Gasteiger partial charge is 0.460 e. The minimum Gasteiger partial charge on any atom is -0.460 e. The van der Waals surface area contributed by atoms with Crippen LogP contribution in [0.5, 0.6) is 0 Å². The number of pyridine rings is 1. The van der Waals surface area contributed by atoms with Crippen LogP contribution in [-0.4, -0.2) is 82.1 Å². The Morgan fingerprint density at radius 3 is 2.36 bits per heavy atom. The van der Waals surface area contributed by atoms with Gasteiger partial charge in [0.1, 0.15) is 33.9 Å². The molecule has 5 N–H and O–H groups in total. The van der Waals surface area contributed by atoms with Gasteiger partial charge in [-0.3, -0.25) is 29.5 Å². The third kappa shape index (κ3) is 10.3. The number of H-pyrrole nitrogens is 1. The van der Waals surface area contributed by atoms with Gasteiger partial charge in [0, 0.05) is 33.5 Å². The molecule has 0 bridgehead atoms. The Labute approximate surface area is 266 Å². The van der Waals surface area contributed by atoms with E-state index in [0.29, 0.717) is 30.4 Å². The van der Waals surface area contributed by atoms with Crippen LogP contribution in [0.4, 0.5) is 23.3 Å². The number of likely N-dealkylation sites (N-methyl/N-ethyl adjacent to an activating group) is 1. The van der Waals surface area contributed by atoms with Crippen molar-refractivity contribution in [2.24, 2.45) is 0 Å². The van der Waals surface area contributed by atoms with Crippen molar-refractivity contribution in [1.29, 1.82) is 0 Å². The first-order chi connectivity index (χ1) is 20.8. The zero-order valence-corrected chi connectivity index (χ0v) is 27.5. The molecule has 2 aromatic heterocycles. The van der Waals surface area contributed by atoms with E-state index in [1.165, 1.54) is 13.0 Å². The van der Waals surface area contributed by atoms with Crippen LogP contribution in [0.2, 0.25) is 5.15 Å². The van der Waals surface area contributed by atoms with Crippen molar-refractivity contribution < 1.29 is 28.7 Å². The second kappa shape index (κ2) is 14.1. The van der Waals surface area contributed by atoms with Crippen LogP contribution < -0.4 is 31.7 Å². The maximum Gasteiger partial charge on any atom is 0.329 e. The van der Waals surface area contributed by atoms with Crippen molar-refractivity contribution >= 4 is 58.6 Å². The number of hydrogen-bond donors (Lipinski definition) is 5. The standard InChI is InChI=1S/C29H41ClN8O7/c1-15(39)33-27-36-23-21(25(42)37-27)38(8)16(14-32-23)13-31-19-11-9-17(22(30)35-19)24(41)34-18(26(43)45-29(5,6)7)10-12-20(40)44-28(2,3)4/h9,11,16,18H,10,12-14H2,1-8H3,(H,31,35)(H,34,41)(H3,32,33,36,37,39,42)/t16-,18-/m0/s1. The van der Waals surface area contributed by atoms with E-state index in [4.69, 9.17) is 21.1 Å². The number of rotatable bonds is 10. The van der Waals surface area contributed by atoms with E-state index in [1.54, 1.807) is 59.6 Å². The fraction of sp³-hybridized carbons (Fsp3) is 0.552. The molecule has 45 heavy (non-hydrogen) atoms. The van der Waals surface area contributed by atoms with Gasteiger partial charge in [-0.05, 0) is 60.1 Å². The van der Waals surface area contributed by atoms with E-state index in [1.807, 2.05) is 0 Å². The van der Waals surface area contributed by atoms with Gasteiger partial charge < -0.3 is 30.3 Å². The lowest BCUT2D eigenvalue weighted by molar-refractivity contribution is -0.158. The highest BCUT2D eigenvalue weighted by Gasteiger charge is 2.30. The minimum absolute atomic E-state index is 0.0194. The smallest absolute Gasteiger partial charge is 0.329 e. The first-order valence-corrected chi connectivity index (χ1v) is 14.8. The maximum absolute atomic E-state index is 13.2. The third-order valence-corrected chi connectivity index (χ3v) is 6.55. The highest BCUT2D eigenvalue weighted by atomic mass is 35.5. The lowest BCUT2D eigenvalue weighted by Crippen LogP contribution is -2.48. The molecule has 0 radical (unpaired) electrons. The molecule has 1 aliphatic heterocycles. The monoisotopic (exact) mass is 648 g/mol. The van der Waals surface area contributed by atoms with Crippen molar-refractivity contribution in [2.75, 3.05) is 41.0 Å². The molecule has 0 spiro atoms. The zero-order valence-electron chi connectivity index (χ0n) is 26.7. The lowest BCUT2D eigenvalue weighted by atomic mass is 10.1. The Morgan fingerprint density at radius 2 is 1.76 bits per heavy atom. The number of aromatic amines is 1. The summed E-state index contributed by atoms with van der Waals surface area (Å²) in [5.74, 6) is -1.48. The molecule has 0 unspecified atom stereocenters. The van der Waals surface area contributed by atoms with Gasteiger partial charge in [-0.2, -0.15) is 4.98 Å². The normalized spacial score (nSPS) is 15.2. The van der Waals surface area contributed by atoms with Gasteiger partial charge in [0.2, 0.25) is 11.9 Å². The number of aromatic nitrogens is 3. The fourth-order valence-corrected chi connectivity index (χ4v) is 4.56. The van der Waals surface area contributed by atoms with Crippen molar-refractivity contribution in [3.05, 3.63) is 33.2 Å². The molecular weight excluding hydrogens is 608 g/mol. The average Bonchev–Trinajstić information content (AvgIpc) is 2.88. The van der Waals surface area contributed by atoms with Crippen molar-refractivity contribution in [1.82, 2.24) is 20.3 Å². The van der Waals surface area contributed by atoms with Crippen molar-refractivity contribution in [3.63, 3.8) is 0 Å². The molecule has 16 heteroatoms. The summed E-state index contributed by atoms with van der Waals surface area (Å²) in [6.07, 6.45) is -0.164. The van der Waals surface area contributed by atoms with Crippen molar-refractivity contribution in [3.8, 4) is 0 Å². The number of esters is 2. The van der Waals surface area contributed by atoms with E-state index in [0.717, 1.165) is 0 Å². The number of nitrogens with zero attached hydrogens (tertiary/aromatic N) is 3. The first-order valence-electron chi connectivity index (χ1n) is 14.4. The van der Waals surface area contributed by atoms with E-state index in [9.17, 15) is 24.0 Å². The van der Waals surface area contributed by atoms with Gasteiger partial charge in [0.25, 0.3) is 11.5 Å². The van der Waals surface area contributed by atoms with Gasteiger partial charge in [0.15, 0.2) is 5.82 Å². The van der Waals surface area contributed by atoms with E-state index < -0.39 is 40.6 Å². The second-order valence-corrected chi connectivity index (χ2v) is 12.9. The van der Waals surface area contributed by atoms with Crippen LogP contribution >= 0.6 is 11.6 Å². The molecule has 0 fully saturated rings. The summed E-state index contributed by atoms with van der Waals surface area (Å²) in [6.45, 7) is 12.4. The number of halogens is 1. The Hall–Kier alpha value is -4.40. The molecule has 0 saturated carbocycles. The lowest BCUT2D eigenvalue weighted by Gasteiger charge is -2.35. The summed E-state index contributed by atoms with van der Waals surface area (Å²) < 4.78 is 10.8. The van der Waals surface area contributed by atoms with Crippen LogP contribution in [0.1, 0.15) is 71.7 Å². The molecule has 2 aromatic rings. The number of nitrogens with one attached hydrogen (secondary N) is 5. The number of ether oxygens (including phenoxy) is 2. The Bertz CT molecular complexity index is 1500. The molecule has 2 atom stereocenters. The summed E-state index contributed by atoms with van der Waals surface area (Å²) in [5, 5.41) is 11.2. The Morgan fingerprint density at radius 1 is 1.09 bits per heavy atom. The molecule has 0 saturated heterocycles. The summed E-state index contributed by atoms with van der Waals surface area (Å²) in [4.78, 5) is 75.2. The Kier molecular flexibility index (Phi) is 11.0. The highest BCUT2D eigenvalue weighted by Crippen LogP contribution is 2.26. The van der Waals surface area contributed by atoms with Gasteiger partial charge in [-0.1, -0.05) is 11.6 Å². The number of carbonyl (C=O) groups is 4.